The van der Waals surface area contributed by atoms with Gasteiger partial charge in [0.05, 0.1) is 6.54 Å². The molecule has 0 saturated carbocycles. The van der Waals surface area contributed by atoms with Gasteiger partial charge in [-0.25, -0.2) is 5.84 Å². The first-order valence-corrected chi connectivity index (χ1v) is 6.45. The minimum absolute atomic E-state index is 0.188. The Morgan fingerprint density at radius 3 is 2.61 bits per heavy atom. The number of hydrazine groups is 1. The highest BCUT2D eigenvalue weighted by Gasteiger charge is 2.02. The van der Waals surface area contributed by atoms with Gasteiger partial charge < -0.3 is 16.5 Å². The van der Waals surface area contributed by atoms with Crippen LogP contribution in [-0.4, -0.2) is 9.97 Å². The zero-order chi connectivity index (χ0) is 13.0. The van der Waals surface area contributed by atoms with E-state index in [1.165, 1.54) is 9.75 Å². The van der Waals surface area contributed by atoms with Gasteiger partial charge in [0.15, 0.2) is 0 Å². The molecule has 0 radical (unpaired) electrons. The first-order valence-electron chi connectivity index (χ1n) is 5.64. The molecule has 0 saturated heterocycles. The Labute approximate surface area is 109 Å². The van der Waals surface area contributed by atoms with Gasteiger partial charge in [-0.05, 0) is 18.6 Å². The van der Waals surface area contributed by atoms with Crippen molar-refractivity contribution >= 4 is 28.9 Å². The third kappa shape index (κ3) is 3.08. The van der Waals surface area contributed by atoms with E-state index in [4.69, 9.17) is 11.6 Å². The number of rotatable bonds is 5. The Kier molecular flexibility index (Phi) is 3.96. The first-order chi connectivity index (χ1) is 8.71. The molecular formula is C11H16N6S. The Hall–Kier alpha value is -1.86. The summed E-state index contributed by atoms with van der Waals surface area (Å²) in [5, 5.41) is 3.20. The van der Waals surface area contributed by atoms with Crippen LogP contribution in [0.1, 0.15) is 16.7 Å². The van der Waals surface area contributed by atoms with Crippen molar-refractivity contribution in [1.82, 2.24) is 9.97 Å². The maximum absolute atomic E-state index is 5.57. The van der Waals surface area contributed by atoms with Crippen LogP contribution in [0.2, 0.25) is 0 Å². The van der Waals surface area contributed by atoms with E-state index < -0.39 is 0 Å². The summed E-state index contributed by atoms with van der Waals surface area (Å²) in [7, 11) is 0. The fourth-order valence-corrected chi connectivity index (χ4v) is 2.41. The summed E-state index contributed by atoms with van der Waals surface area (Å²) >= 11 is 1.79. The second kappa shape index (κ2) is 5.65. The van der Waals surface area contributed by atoms with Crippen molar-refractivity contribution < 1.29 is 0 Å². The number of nitrogen functional groups attached to an aromatic ring is 2. The van der Waals surface area contributed by atoms with E-state index in [1.54, 1.807) is 17.4 Å². The van der Waals surface area contributed by atoms with Crippen LogP contribution in [0, 0.1) is 0 Å². The molecule has 7 heteroatoms. The van der Waals surface area contributed by atoms with E-state index in [1.807, 2.05) is 0 Å². The summed E-state index contributed by atoms with van der Waals surface area (Å²) in [4.78, 5) is 10.6. The van der Waals surface area contributed by atoms with Gasteiger partial charge in [0.2, 0.25) is 5.95 Å². The van der Waals surface area contributed by atoms with Gasteiger partial charge in [-0.2, -0.15) is 9.97 Å². The molecule has 18 heavy (non-hydrogen) atoms. The second-order valence-electron chi connectivity index (χ2n) is 3.72. The number of nitrogens with two attached hydrogens (primary N) is 2. The molecule has 0 atom stereocenters. The third-order valence-corrected chi connectivity index (χ3v) is 3.63. The van der Waals surface area contributed by atoms with Gasteiger partial charge in [0.1, 0.15) is 11.6 Å². The molecule has 6 N–H and O–H groups in total. The van der Waals surface area contributed by atoms with E-state index in [0.717, 1.165) is 6.42 Å². The van der Waals surface area contributed by atoms with Gasteiger partial charge >= 0.3 is 0 Å². The Balaban J connectivity index is 2.03. The summed E-state index contributed by atoms with van der Waals surface area (Å²) in [6, 6.07) is 5.97. The fraction of sp³-hybridized carbons (Fsp3) is 0.273. The molecule has 0 aliphatic heterocycles. The van der Waals surface area contributed by atoms with Crippen molar-refractivity contribution in [1.29, 1.82) is 0 Å². The Bertz CT molecular complexity index is 524. The van der Waals surface area contributed by atoms with Crippen LogP contribution in [0.25, 0.3) is 0 Å². The van der Waals surface area contributed by atoms with Crippen LogP contribution < -0.4 is 22.3 Å². The minimum Gasteiger partial charge on any atom is -0.368 e. The quantitative estimate of drug-likeness (QED) is 0.483. The normalized spacial score (nSPS) is 10.3. The van der Waals surface area contributed by atoms with E-state index in [0.29, 0.717) is 18.2 Å². The SMILES string of the molecule is CCc1ccc(CNc2cc(NN)nc(N)n2)s1. The molecular weight excluding hydrogens is 248 g/mol. The number of hydrogen-bond donors (Lipinski definition) is 4. The summed E-state index contributed by atoms with van der Waals surface area (Å²) in [6.07, 6.45) is 1.06. The van der Waals surface area contributed by atoms with Crippen LogP contribution in [0.4, 0.5) is 17.6 Å². The Morgan fingerprint density at radius 1 is 1.22 bits per heavy atom. The first kappa shape index (κ1) is 12.6. The third-order valence-electron chi connectivity index (χ3n) is 2.40. The lowest BCUT2D eigenvalue weighted by Crippen LogP contribution is -2.11. The molecule has 0 fully saturated rings. The zero-order valence-electron chi connectivity index (χ0n) is 10.1. The highest BCUT2D eigenvalue weighted by atomic mass is 32.1. The van der Waals surface area contributed by atoms with Gasteiger partial charge in [-0.1, -0.05) is 6.92 Å². The van der Waals surface area contributed by atoms with E-state index in [-0.39, 0.29) is 5.95 Å². The van der Waals surface area contributed by atoms with Gasteiger partial charge in [-0.15, -0.1) is 11.3 Å². The lowest BCUT2D eigenvalue weighted by molar-refractivity contribution is 1.10. The van der Waals surface area contributed by atoms with E-state index in [2.05, 4.69) is 39.8 Å². The molecule has 96 valence electrons. The smallest absolute Gasteiger partial charge is 0.223 e. The molecule has 2 heterocycles. The summed E-state index contributed by atoms with van der Waals surface area (Å²) in [5.41, 5.74) is 8.03. The van der Waals surface area contributed by atoms with Crippen molar-refractivity contribution in [2.75, 3.05) is 16.5 Å². The standard InChI is InChI=1S/C11H16N6S/c1-2-7-3-4-8(18-7)6-14-9-5-10(17-13)16-11(12)15-9/h3-5H,2,6,13H2,1H3,(H4,12,14,15,16,17). The highest BCUT2D eigenvalue weighted by molar-refractivity contribution is 7.12. The van der Waals surface area contributed by atoms with Crippen molar-refractivity contribution in [3.8, 4) is 0 Å². The number of nitrogens with zero attached hydrogens (tertiary/aromatic N) is 2. The van der Waals surface area contributed by atoms with Gasteiger partial charge in [0.25, 0.3) is 0 Å². The van der Waals surface area contributed by atoms with Crippen LogP contribution in [0.5, 0.6) is 0 Å². The Morgan fingerprint density at radius 2 is 1.94 bits per heavy atom. The molecule has 2 aromatic heterocycles. The molecule has 0 unspecified atom stereocenters. The molecule has 0 bridgehead atoms. The molecule has 2 rings (SSSR count). The number of hydrogen-bond acceptors (Lipinski definition) is 7. The number of anilines is 3. The van der Waals surface area contributed by atoms with Crippen LogP contribution in [-0.2, 0) is 13.0 Å². The molecule has 0 aromatic carbocycles. The number of nitrogens with one attached hydrogen (secondary N) is 2. The lowest BCUT2D eigenvalue weighted by atomic mass is 10.3. The maximum atomic E-state index is 5.57. The predicted octanol–water partition coefficient (Wildman–Crippen LogP) is 1.58. The number of thiophene rings is 1. The maximum Gasteiger partial charge on any atom is 0.223 e. The fourth-order valence-electron chi connectivity index (χ4n) is 1.52. The van der Waals surface area contributed by atoms with Crippen LogP contribution in [0.3, 0.4) is 0 Å². The number of aryl methyl sites for hydroxylation is 1. The predicted molar refractivity (Wildman–Crippen MR) is 75.3 cm³/mol. The zero-order valence-corrected chi connectivity index (χ0v) is 10.9. The number of aromatic nitrogens is 2. The monoisotopic (exact) mass is 264 g/mol. The molecule has 0 aliphatic carbocycles. The second-order valence-corrected chi connectivity index (χ2v) is 4.97. The van der Waals surface area contributed by atoms with Gasteiger partial charge in [0, 0.05) is 15.8 Å². The summed E-state index contributed by atoms with van der Waals surface area (Å²) < 4.78 is 0. The van der Waals surface area contributed by atoms with Crippen molar-refractivity contribution in [2.45, 2.75) is 19.9 Å². The van der Waals surface area contributed by atoms with Crippen molar-refractivity contribution in [3.05, 3.63) is 28.0 Å². The van der Waals surface area contributed by atoms with Crippen LogP contribution >= 0.6 is 11.3 Å². The molecule has 6 nitrogen and oxygen atoms in total. The summed E-state index contributed by atoms with van der Waals surface area (Å²) in [6.45, 7) is 2.86. The van der Waals surface area contributed by atoms with Gasteiger partial charge in [-0.3, -0.25) is 0 Å². The lowest BCUT2D eigenvalue weighted by Gasteiger charge is -2.06. The average molecular weight is 264 g/mol. The summed E-state index contributed by atoms with van der Waals surface area (Å²) in [5.74, 6) is 6.63. The van der Waals surface area contributed by atoms with E-state index >= 15 is 0 Å². The topological polar surface area (TPSA) is 102 Å². The minimum atomic E-state index is 0.188. The van der Waals surface area contributed by atoms with Crippen molar-refractivity contribution in [3.63, 3.8) is 0 Å². The molecule has 0 aliphatic rings. The van der Waals surface area contributed by atoms with Crippen molar-refractivity contribution in [2.24, 2.45) is 5.84 Å². The van der Waals surface area contributed by atoms with Crippen LogP contribution in [0.15, 0.2) is 18.2 Å². The average Bonchev–Trinajstić information content (AvgIpc) is 2.83. The largest absolute Gasteiger partial charge is 0.368 e. The molecule has 0 amide bonds. The highest BCUT2D eigenvalue weighted by Crippen LogP contribution is 2.19. The molecule has 2 aromatic rings. The van der Waals surface area contributed by atoms with E-state index in [9.17, 15) is 0 Å². The molecule has 0 spiro atoms.